The van der Waals surface area contributed by atoms with E-state index in [1.54, 1.807) is 25.1 Å². The Labute approximate surface area is 124 Å². The van der Waals surface area contributed by atoms with Crippen molar-refractivity contribution in [2.45, 2.75) is 13.5 Å². The molecule has 0 radical (unpaired) electrons. The second-order valence-electron chi connectivity index (χ2n) is 4.67. The average molecular weight is 303 g/mol. The Morgan fingerprint density at radius 2 is 1.86 bits per heavy atom. The van der Waals surface area contributed by atoms with Crippen molar-refractivity contribution in [3.8, 4) is 0 Å². The first-order valence-electron chi connectivity index (χ1n) is 6.46. The van der Waals surface area contributed by atoms with Gasteiger partial charge in [0, 0.05) is 0 Å². The van der Waals surface area contributed by atoms with E-state index in [-0.39, 0.29) is 6.61 Å². The molecule has 0 amide bonds. The molecule has 0 aliphatic heterocycles. The summed E-state index contributed by atoms with van der Waals surface area (Å²) in [5.41, 5.74) is 2.73. The lowest BCUT2D eigenvalue weighted by Gasteiger charge is -2.09. The molecule has 21 heavy (non-hydrogen) atoms. The smallest absolute Gasteiger partial charge is 0.255 e. The van der Waals surface area contributed by atoms with Crippen molar-refractivity contribution in [2.24, 2.45) is 0 Å². The first-order chi connectivity index (χ1) is 10.00. The highest BCUT2D eigenvalue weighted by atomic mass is 32.2. The molecule has 0 unspecified atom stereocenters. The maximum atomic E-state index is 12.1. The molecular weight excluding hydrogens is 286 g/mol. The van der Waals surface area contributed by atoms with Crippen LogP contribution in [0.4, 0.5) is 5.69 Å². The maximum absolute atomic E-state index is 12.1. The molecule has 0 fully saturated rings. The molecule has 0 bridgehead atoms. The molecule has 0 saturated heterocycles. The Hall–Kier alpha value is -2.11. The molecule has 5 heteroatoms. The van der Waals surface area contributed by atoms with Crippen LogP contribution in [0.1, 0.15) is 16.7 Å². The maximum Gasteiger partial charge on any atom is 0.255 e. The summed E-state index contributed by atoms with van der Waals surface area (Å²) in [6.07, 6.45) is 1.54. The van der Waals surface area contributed by atoms with Crippen molar-refractivity contribution < 1.29 is 13.5 Å². The van der Waals surface area contributed by atoms with Crippen molar-refractivity contribution in [3.05, 3.63) is 70.6 Å². The molecule has 0 spiro atoms. The Balaban J connectivity index is 2.20. The van der Waals surface area contributed by atoms with Gasteiger partial charge in [-0.2, -0.15) is 0 Å². The Kier molecular flexibility index (Phi) is 4.77. The standard InChI is InChI=1S/C16H17NO3S/c1-13-7-8-15(12-18)11-16(13)17-21(19,20)10-9-14-5-3-2-4-6-14/h2-11,17-18H,12H2,1H3. The third-order valence-electron chi connectivity index (χ3n) is 2.98. The van der Waals surface area contributed by atoms with Gasteiger partial charge in [0.25, 0.3) is 10.0 Å². The highest BCUT2D eigenvalue weighted by molar-refractivity contribution is 7.95. The lowest BCUT2D eigenvalue weighted by atomic mass is 10.1. The van der Waals surface area contributed by atoms with Crippen molar-refractivity contribution in [2.75, 3.05) is 4.72 Å². The molecule has 110 valence electrons. The molecule has 0 aromatic heterocycles. The molecule has 0 aliphatic carbocycles. The van der Waals surface area contributed by atoms with Gasteiger partial charge in [0.15, 0.2) is 0 Å². The number of aliphatic hydroxyl groups is 1. The fourth-order valence-electron chi connectivity index (χ4n) is 1.80. The highest BCUT2D eigenvalue weighted by Gasteiger charge is 2.08. The molecule has 0 saturated carbocycles. The lowest BCUT2D eigenvalue weighted by Crippen LogP contribution is -2.10. The van der Waals surface area contributed by atoms with Gasteiger partial charge in [-0.05, 0) is 35.8 Å². The second kappa shape index (κ2) is 6.56. The fraction of sp³-hybridized carbons (Fsp3) is 0.125. The van der Waals surface area contributed by atoms with Gasteiger partial charge >= 0.3 is 0 Å². The normalized spacial score (nSPS) is 11.7. The molecule has 2 aromatic rings. The molecule has 2 N–H and O–H groups in total. The number of sulfonamides is 1. The van der Waals surface area contributed by atoms with Crippen molar-refractivity contribution >= 4 is 21.8 Å². The topological polar surface area (TPSA) is 66.4 Å². The number of hydrogen-bond donors (Lipinski definition) is 2. The van der Waals surface area contributed by atoms with Gasteiger partial charge in [0.2, 0.25) is 0 Å². The first kappa shape index (κ1) is 15.3. The van der Waals surface area contributed by atoms with Gasteiger partial charge < -0.3 is 5.11 Å². The van der Waals surface area contributed by atoms with Crippen LogP contribution in [0.3, 0.4) is 0 Å². The number of nitrogens with one attached hydrogen (secondary N) is 1. The van der Waals surface area contributed by atoms with Crippen LogP contribution in [-0.2, 0) is 16.6 Å². The second-order valence-corrected chi connectivity index (χ2v) is 6.23. The van der Waals surface area contributed by atoms with Gasteiger partial charge in [-0.1, -0.05) is 42.5 Å². The molecule has 2 aromatic carbocycles. The van der Waals surface area contributed by atoms with Gasteiger partial charge in [0.05, 0.1) is 17.7 Å². The third kappa shape index (κ3) is 4.44. The summed E-state index contributed by atoms with van der Waals surface area (Å²) in [6.45, 7) is 1.68. The van der Waals surface area contributed by atoms with E-state index < -0.39 is 10.0 Å². The zero-order valence-electron chi connectivity index (χ0n) is 11.7. The number of anilines is 1. The lowest BCUT2D eigenvalue weighted by molar-refractivity contribution is 0.282. The Morgan fingerprint density at radius 3 is 2.52 bits per heavy atom. The van der Waals surface area contributed by atoms with Crippen LogP contribution in [0, 0.1) is 6.92 Å². The summed E-state index contributed by atoms with van der Waals surface area (Å²) >= 11 is 0. The van der Waals surface area contributed by atoms with Gasteiger partial charge in [-0.3, -0.25) is 4.72 Å². The number of aliphatic hydroxyl groups excluding tert-OH is 1. The molecule has 0 atom stereocenters. The SMILES string of the molecule is Cc1ccc(CO)cc1NS(=O)(=O)C=Cc1ccccc1. The van der Waals surface area contributed by atoms with E-state index in [0.29, 0.717) is 11.3 Å². The highest BCUT2D eigenvalue weighted by Crippen LogP contribution is 2.19. The summed E-state index contributed by atoms with van der Waals surface area (Å²) in [5.74, 6) is 0. The summed E-state index contributed by atoms with van der Waals surface area (Å²) in [6, 6.07) is 14.4. The van der Waals surface area contributed by atoms with Crippen molar-refractivity contribution in [3.63, 3.8) is 0 Å². The summed E-state index contributed by atoms with van der Waals surface area (Å²) in [4.78, 5) is 0. The van der Waals surface area contributed by atoms with Crippen LogP contribution in [0.25, 0.3) is 6.08 Å². The molecule has 0 heterocycles. The predicted octanol–water partition coefficient (Wildman–Crippen LogP) is 2.90. The van der Waals surface area contributed by atoms with E-state index in [1.165, 1.54) is 6.08 Å². The minimum atomic E-state index is -3.59. The van der Waals surface area contributed by atoms with Crippen molar-refractivity contribution in [1.82, 2.24) is 0 Å². The van der Waals surface area contributed by atoms with E-state index in [2.05, 4.69) is 4.72 Å². The quantitative estimate of drug-likeness (QED) is 0.892. The summed E-state index contributed by atoms with van der Waals surface area (Å²) in [5, 5.41) is 10.2. The third-order valence-corrected chi connectivity index (χ3v) is 3.97. The van der Waals surface area contributed by atoms with Crippen molar-refractivity contribution in [1.29, 1.82) is 0 Å². The number of hydrogen-bond acceptors (Lipinski definition) is 3. The largest absolute Gasteiger partial charge is 0.392 e. The van der Waals surface area contributed by atoms with E-state index in [0.717, 1.165) is 16.5 Å². The minimum Gasteiger partial charge on any atom is -0.392 e. The van der Waals surface area contributed by atoms with Crippen LogP contribution >= 0.6 is 0 Å². The fourth-order valence-corrected chi connectivity index (χ4v) is 2.73. The molecular formula is C16H17NO3S. The minimum absolute atomic E-state index is 0.130. The van der Waals surface area contributed by atoms with Gasteiger partial charge in [-0.25, -0.2) is 8.42 Å². The van der Waals surface area contributed by atoms with E-state index in [4.69, 9.17) is 5.11 Å². The molecule has 0 aliphatic rings. The number of benzene rings is 2. The summed E-state index contributed by atoms with van der Waals surface area (Å²) < 4.78 is 26.6. The number of rotatable bonds is 5. The number of aryl methyl sites for hydroxylation is 1. The molecule has 4 nitrogen and oxygen atoms in total. The first-order valence-corrected chi connectivity index (χ1v) is 8.01. The Bertz CT molecular complexity index is 737. The zero-order valence-corrected chi connectivity index (χ0v) is 12.5. The van der Waals surface area contributed by atoms with Crippen LogP contribution < -0.4 is 4.72 Å². The zero-order chi connectivity index (χ0) is 15.3. The predicted molar refractivity (Wildman–Crippen MR) is 85.1 cm³/mol. The average Bonchev–Trinajstić information content (AvgIpc) is 2.48. The monoisotopic (exact) mass is 303 g/mol. The van der Waals surface area contributed by atoms with E-state index >= 15 is 0 Å². The van der Waals surface area contributed by atoms with Gasteiger partial charge in [0.1, 0.15) is 0 Å². The van der Waals surface area contributed by atoms with Crippen LogP contribution in [0.5, 0.6) is 0 Å². The van der Waals surface area contributed by atoms with Gasteiger partial charge in [-0.15, -0.1) is 0 Å². The summed E-state index contributed by atoms with van der Waals surface area (Å²) in [7, 11) is -3.59. The van der Waals surface area contributed by atoms with E-state index in [9.17, 15) is 8.42 Å². The van der Waals surface area contributed by atoms with Crippen LogP contribution in [-0.4, -0.2) is 13.5 Å². The Morgan fingerprint density at radius 1 is 1.14 bits per heavy atom. The van der Waals surface area contributed by atoms with Crippen LogP contribution in [0.2, 0.25) is 0 Å². The van der Waals surface area contributed by atoms with Crippen LogP contribution in [0.15, 0.2) is 53.9 Å². The molecule has 2 rings (SSSR count). The van der Waals surface area contributed by atoms with E-state index in [1.807, 2.05) is 30.3 Å².